The molecule has 5 heteroatoms. The SMILES string of the molecule is COc1ccc2[nH]c3c(c2c1)CCN(C(=O)Nc1cc(C)ccc1C)[C@H]3c1ccc(C)cc1. The highest BCUT2D eigenvalue weighted by Crippen LogP contribution is 2.39. The van der Waals surface area contributed by atoms with Gasteiger partial charge in [-0.15, -0.1) is 0 Å². The van der Waals surface area contributed by atoms with Gasteiger partial charge < -0.3 is 19.9 Å². The molecule has 2 amide bonds. The Balaban J connectivity index is 1.59. The summed E-state index contributed by atoms with van der Waals surface area (Å²) in [7, 11) is 1.69. The van der Waals surface area contributed by atoms with E-state index in [0.29, 0.717) is 6.54 Å². The van der Waals surface area contributed by atoms with Crippen LogP contribution in [0.5, 0.6) is 5.75 Å². The predicted octanol–water partition coefficient (Wildman–Crippen LogP) is 6.28. The van der Waals surface area contributed by atoms with Crippen molar-refractivity contribution in [3.8, 4) is 5.75 Å². The molecule has 0 fully saturated rings. The summed E-state index contributed by atoms with van der Waals surface area (Å²) >= 11 is 0. The molecule has 1 aliphatic heterocycles. The number of hydrogen-bond donors (Lipinski definition) is 2. The van der Waals surface area contributed by atoms with Gasteiger partial charge in [-0.3, -0.25) is 0 Å². The van der Waals surface area contributed by atoms with Crippen molar-refractivity contribution in [2.45, 2.75) is 33.2 Å². The van der Waals surface area contributed by atoms with Gasteiger partial charge in [0, 0.05) is 28.8 Å². The van der Waals surface area contributed by atoms with Crippen molar-refractivity contribution in [3.63, 3.8) is 0 Å². The highest BCUT2D eigenvalue weighted by atomic mass is 16.5. The number of amides is 2. The number of rotatable bonds is 3. The van der Waals surface area contributed by atoms with Crippen LogP contribution >= 0.6 is 0 Å². The van der Waals surface area contributed by atoms with Crippen LogP contribution in [0.2, 0.25) is 0 Å². The molecule has 33 heavy (non-hydrogen) atoms. The van der Waals surface area contributed by atoms with E-state index in [1.54, 1.807) is 7.11 Å². The van der Waals surface area contributed by atoms with Crippen LogP contribution in [0, 0.1) is 20.8 Å². The highest BCUT2D eigenvalue weighted by Gasteiger charge is 2.34. The van der Waals surface area contributed by atoms with Crippen molar-refractivity contribution in [2.24, 2.45) is 0 Å². The number of anilines is 1. The number of H-pyrrole nitrogens is 1. The Morgan fingerprint density at radius 2 is 1.76 bits per heavy atom. The number of aromatic amines is 1. The molecule has 2 heterocycles. The van der Waals surface area contributed by atoms with Gasteiger partial charge in [-0.1, -0.05) is 42.0 Å². The highest BCUT2D eigenvalue weighted by molar-refractivity contribution is 5.92. The lowest BCUT2D eigenvalue weighted by Crippen LogP contribution is -2.43. The first kappa shape index (κ1) is 21.1. The molecule has 0 bridgehead atoms. The van der Waals surface area contributed by atoms with E-state index in [-0.39, 0.29) is 12.1 Å². The molecule has 0 radical (unpaired) electrons. The average Bonchev–Trinajstić information content (AvgIpc) is 3.19. The number of nitrogens with one attached hydrogen (secondary N) is 2. The first-order valence-electron chi connectivity index (χ1n) is 11.3. The second kappa shape index (κ2) is 8.32. The average molecular weight is 440 g/mol. The third-order valence-corrected chi connectivity index (χ3v) is 6.62. The summed E-state index contributed by atoms with van der Waals surface area (Å²) in [6.45, 7) is 6.77. The van der Waals surface area contributed by atoms with Crippen LogP contribution in [0.25, 0.3) is 10.9 Å². The van der Waals surface area contributed by atoms with Crippen LogP contribution in [0.4, 0.5) is 10.5 Å². The molecule has 5 nitrogen and oxygen atoms in total. The number of hydrogen-bond acceptors (Lipinski definition) is 2. The van der Waals surface area contributed by atoms with Gasteiger partial charge in [-0.25, -0.2) is 4.79 Å². The number of urea groups is 1. The molecular weight excluding hydrogens is 410 g/mol. The molecule has 0 unspecified atom stereocenters. The summed E-state index contributed by atoms with van der Waals surface area (Å²) in [4.78, 5) is 19.2. The van der Waals surface area contributed by atoms with Gasteiger partial charge in [-0.2, -0.15) is 0 Å². The number of fused-ring (bicyclic) bond motifs is 3. The second-order valence-electron chi connectivity index (χ2n) is 8.93. The van der Waals surface area contributed by atoms with E-state index in [2.05, 4.69) is 59.7 Å². The summed E-state index contributed by atoms with van der Waals surface area (Å²) in [6.07, 6.45) is 0.783. The summed E-state index contributed by atoms with van der Waals surface area (Å²) < 4.78 is 5.47. The minimum atomic E-state index is -0.196. The lowest BCUT2D eigenvalue weighted by Gasteiger charge is -2.36. The molecule has 1 aliphatic rings. The molecule has 4 aromatic rings. The molecule has 0 spiro atoms. The first-order valence-corrected chi connectivity index (χ1v) is 11.3. The number of benzene rings is 3. The molecular formula is C28H29N3O2. The van der Waals surface area contributed by atoms with Gasteiger partial charge in [-0.05, 0) is 73.7 Å². The molecule has 0 saturated carbocycles. The molecule has 3 aromatic carbocycles. The van der Waals surface area contributed by atoms with Gasteiger partial charge in [0.1, 0.15) is 5.75 Å². The van der Waals surface area contributed by atoms with Gasteiger partial charge >= 0.3 is 6.03 Å². The number of methoxy groups -OCH3 is 1. The summed E-state index contributed by atoms with van der Waals surface area (Å²) in [5, 5.41) is 4.33. The van der Waals surface area contributed by atoms with Crippen molar-refractivity contribution in [2.75, 3.05) is 19.0 Å². The third-order valence-electron chi connectivity index (χ3n) is 6.62. The fourth-order valence-corrected chi connectivity index (χ4v) is 4.77. The Morgan fingerprint density at radius 1 is 1.00 bits per heavy atom. The van der Waals surface area contributed by atoms with Crippen molar-refractivity contribution in [1.82, 2.24) is 9.88 Å². The number of aromatic nitrogens is 1. The number of nitrogens with zero attached hydrogens (tertiary/aromatic N) is 1. The maximum atomic E-state index is 13.6. The standard InChI is InChI=1S/C28H29N3O2/c1-17-6-9-20(10-7-17)27-26-22(23-16-21(33-4)11-12-24(23)29-26)13-14-31(27)28(32)30-25-15-18(2)5-8-19(25)3/h5-12,15-16,27,29H,13-14H2,1-4H3,(H,30,32)/t27-/m0/s1. The number of aryl methyl sites for hydroxylation is 3. The lowest BCUT2D eigenvalue weighted by atomic mass is 9.92. The quantitative estimate of drug-likeness (QED) is 0.395. The molecule has 0 saturated heterocycles. The molecule has 5 rings (SSSR count). The zero-order valence-corrected chi connectivity index (χ0v) is 19.5. The molecule has 168 valence electrons. The zero-order chi connectivity index (χ0) is 23.1. The van der Waals surface area contributed by atoms with Gasteiger partial charge in [0.25, 0.3) is 0 Å². The first-order chi connectivity index (χ1) is 15.9. The Labute approximate surface area is 194 Å². The lowest BCUT2D eigenvalue weighted by molar-refractivity contribution is 0.193. The van der Waals surface area contributed by atoms with E-state index in [1.807, 2.05) is 36.9 Å². The van der Waals surface area contributed by atoms with E-state index in [4.69, 9.17) is 4.74 Å². The fourth-order valence-electron chi connectivity index (χ4n) is 4.77. The van der Waals surface area contributed by atoms with Crippen LogP contribution in [-0.2, 0) is 6.42 Å². The third kappa shape index (κ3) is 3.84. The van der Waals surface area contributed by atoms with E-state index in [9.17, 15) is 4.79 Å². The second-order valence-corrected chi connectivity index (χ2v) is 8.93. The Bertz CT molecular complexity index is 1340. The molecule has 1 atom stereocenters. The van der Waals surface area contributed by atoms with Gasteiger partial charge in [0.15, 0.2) is 0 Å². The number of carbonyl (C=O) groups is 1. The summed E-state index contributed by atoms with van der Waals surface area (Å²) in [5.41, 5.74) is 8.71. The summed E-state index contributed by atoms with van der Waals surface area (Å²) in [6, 6.07) is 20.4. The molecule has 1 aromatic heterocycles. The largest absolute Gasteiger partial charge is 0.497 e. The normalized spacial score (nSPS) is 15.4. The summed E-state index contributed by atoms with van der Waals surface area (Å²) in [5.74, 6) is 0.839. The van der Waals surface area contributed by atoms with Crippen LogP contribution in [0.1, 0.15) is 39.6 Å². The Morgan fingerprint density at radius 3 is 2.52 bits per heavy atom. The van der Waals surface area contributed by atoms with Gasteiger partial charge in [0.05, 0.1) is 13.2 Å². The van der Waals surface area contributed by atoms with Crippen molar-refractivity contribution in [3.05, 3.63) is 94.2 Å². The van der Waals surface area contributed by atoms with Crippen molar-refractivity contribution in [1.29, 1.82) is 0 Å². The number of ether oxygens (including phenoxy) is 1. The number of carbonyl (C=O) groups excluding carboxylic acids is 1. The van der Waals surface area contributed by atoms with E-state index in [0.717, 1.165) is 51.1 Å². The van der Waals surface area contributed by atoms with E-state index in [1.165, 1.54) is 11.1 Å². The molecule has 2 N–H and O–H groups in total. The topological polar surface area (TPSA) is 57.4 Å². The molecule has 0 aliphatic carbocycles. The van der Waals surface area contributed by atoms with Crippen molar-refractivity contribution >= 4 is 22.6 Å². The smallest absolute Gasteiger partial charge is 0.322 e. The van der Waals surface area contributed by atoms with Crippen LogP contribution in [-0.4, -0.2) is 29.6 Å². The minimum absolute atomic E-state index is 0.0869. The van der Waals surface area contributed by atoms with Crippen LogP contribution in [0.3, 0.4) is 0 Å². The Kier molecular flexibility index (Phi) is 5.33. The fraction of sp³-hybridized carbons (Fsp3) is 0.250. The van der Waals surface area contributed by atoms with E-state index >= 15 is 0 Å². The van der Waals surface area contributed by atoms with Crippen LogP contribution < -0.4 is 10.1 Å². The van der Waals surface area contributed by atoms with Gasteiger partial charge in [0.2, 0.25) is 0 Å². The maximum absolute atomic E-state index is 13.6. The maximum Gasteiger partial charge on any atom is 0.322 e. The minimum Gasteiger partial charge on any atom is -0.497 e. The Hall–Kier alpha value is -3.73. The zero-order valence-electron chi connectivity index (χ0n) is 19.5. The van der Waals surface area contributed by atoms with Crippen molar-refractivity contribution < 1.29 is 9.53 Å². The predicted molar refractivity (Wildman–Crippen MR) is 133 cm³/mol. The monoisotopic (exact) mass is 439 g/mol. The van der Waals surface area contributed by atoms with Crippen LogP contribution in [0.15, 0.2) is 60.7 Å². The van der Waals surface area contributed by atoms with E-state index < -0.39 is 0 Å².